The molecular weight excluding hydrogens is 300 g/mol. The Balaban J connectivity index is 1.65. The van der Waals surface area contributed by atoms with Gasteiger partial charge in [-0.1, -0.05) is 26.7 Å². The van der Waals surface area contributed by atoms with E-state index in [4.69, 9.17) is 0 Å². The van der Waals surface area contributed by atoms with Gasteiger partial charge < -0.3 is 15.5 Å². The molecule has 1 aliphatic heterocycles. The topological polar surface area (TPSA) is 57.3 Å². The number of piperazine rings is 1. The Kier molecular flexibility index (Phi) is 5.39. The number of carbonyl (C=O) groups is 1. The van der Waals surface area contributed by atoms with Crippen LogP contribution in [0.15, 0.2) is 18.3 Å². The molecule has 1 saturated carbocycles. The van der Waals surface area contributed by atoms with E-state index in [9.17, 15) is 4.79 Å². The van der Waals surface area contributed by atoms with Gasteiger partial charge in [0.2, 0.25) is 5.91 Å². The Morgan fingerprint density at radius 2 is 2.00 bits per heavy atom. The van der Waals surface area contributed by atoms with Crippen LogP contribution in [-0.4, -0.2) is 37.1 Å². The zero-order valence-electron chi connectivity index (χ0n) is 15.0. The second-order valence-electron chi connectivity index (χ2n) is 7.68. The Bertz CT molecular complexity index is 543. The van der Waals surface area contributed by atoms with Crippen LogP contribution in [0.3, 0.4) is 0 Å². The molecule has 132 valence electrons. The van der Waals surface area contributed by atoms with Crippen LogP contribution in [0.4, 0.5) is 11.5 Å². The lowest BCUT2D eigenvalue weighted by molar-refractivity contribution is -0.126. The van der Waals surface area contributed by atoms with Gasteiger partial charge in [0, 0.05) is 31.6 Å². The van der Waals surface area contributed by atoms with Gasteiger partial charge in [0.05, 0.1) is 11.9 Å². The summed E-state index contributed by atoms with van der Waals surface area (Å²) >= 11 is 0. The molecule has 0 radical (unpaired) electrons. The van der Waals surface area contributed by atoms with Crippen molar-refractivity contribution in [1.29, 1.82) is 0 Å². The predicted octanol–water partition coefficient (Wildman–Crippen LogP) is 3.04. The van der Waals surface area contributed by atoms with Crippen molar-refractivity contribution >= 4 is 17.4 Å². The molecule has 1 amide bonds. The highest BCUT2D eigenvalue weighted by Crippen LogP contribution is 2.44. The molecule has 2 heterocycles. The Morgan fingerprint density at radius 1 is 1.29 bits per heavy atom. The zero-order valence-corrected chi connectivity index (χ0v) is 15.0. The minimum absolute atomic E-state index is 0.163. The largest absolute Gasteiger partial charge is 0.368 e. The number of nitrogens with zero attached hydrogens (tertiary/aromatic N) is 2. The maximum absolute atomic E-state index is 12.9. The van der Waals surface area contributed by atoms with E-state index < -0.39 is 0 Å². The maximum Gasteiger partial charge on any atom is 0.231 e. The van der Waals surface area contributed by atoms with E-state index in [-0.39, 0.29) is 11.3 Å². The molecule has 1 aromatic rings. The van der Waals surface area contributed by atoms with Gasteiger partial charge in [-0.2, -0.15) is 0 Å². The number of rotatable bonds is 5. The van der Waals surface area contributed by atoms with Crippen LogP contribution in [0.2, 0.25) is 0 Å². The quantitative estimate of drug-likeness (QED) is 0.871. The first-order valence-electron chi connectivity index (χ1n) is 9.32. The van der Waals surface area contributed by atoms with E-state index >= 15 is 0 Å². The standard InChI is InChI=1S/C19H30N4O/c1-15(2)13-19(7-3-4-8-19)18(24)22-17-6-5-16(14-21-17)23-11-9-20-10-12-23/h5-6,14-15,20H,3-4,7-13H2,1-2H3,(H,21,22,24). The highest BCUT2D eigenvalue weighted by molar-refractivity contribution is 5.94. The number of aromatic nitrogens is 1. The summed E-state index contributed by atoms with van der Waals surface area (Å²) in [5.41, 5.74) is 0.944. The van der Waals surface area contributed by atoms with Gasteiger partial charge in [0.25, 0.3) is 0 Å². The lowest BCUT2D eigenvalue weighted by Crippen LogP contribution is -2.43. The summed E-state index contributed by atoms with van der Waals surface area (Å²) in [5, 5.41) is 6.43. The lowest BCUT2D eigenvalue weighted by atomic mass is 9.77. The number of carbonyl (C=O) groups excluding carboxylic acids is 1. The molecule has 0 spiro atoms. The summed E-state index contributed by atoms with van der Waals surface area (Å²) in [6.45, 7) is 8.43. The fourth-order valence-corrected chi connectivity index (χ4v) is 4.18. The van der Waals surface area contributed by atoms with Crippen LogP contribution < -0.4 is 15.5 Å². The predicted molar refractivity (Wildman–Crippen MR) is 98.3 cm³/mol. The molecule has 0 unspecified atom stereocenters. The fraction of sp³-hybridized carbons (Fsp3) is 0.684. The van der Waals surface area contributed by atoms with E-state index in [0.717, 1.165) is 64.0 Å². The Hall–Kier alpha value is -1.62. The lowest BCUT2D eigenvalue weighted by Gasteiger charge is -2.30. The molecule has 2 N–H and O–H groups in total. The van der Waals surface area contributed by atoms with Crippen LogP contribution in [0, 0.1) is 11.3 Å². The average molecular weight is 330 g/mol. The molecule has 0 bridgehead atoms. The van der Waals surface area contributed by atoms with Crippen molar-refractivity contribution in [2.45, 2.75) is 46.0 Å². The maximum atomic E-state index is 12.9. The van der Waals surface area contributed by atoms with Crippen molar-refractivity contribution in [3.05, 3.63) is 18.3 Å². The Morgan fingerprint density at radius 3 is 2.58 bits per heavy atom. The summed E-state index contributed by atoms with van der Waals surface area (Å²) in [6, 6.07) is 4.00. The van der Waals surface area contributed by atoms with Crippen molar-refractivity contribution in [3.63, 3.8) is 0 Å². The molecule has 5 nitrogen and oxygen atoms in total. The number of hydrogen-bond acceptors (Lipinski definition) is 4. The van der Waals surface area contributed by atoms with Gasteiger partial charge in [0.15, 0.2) is 0 Å². The zero-order chi connectivity index (χ0) is 17.0. The highest BCUT2D eigenvalue weighted by atomic mass is 16.2. The Labute approximate surface area is 145 Å². The van der Waals surface area contributed by atoms with Gasteiger partial charge >= 0.3 is 0 Å². The monoisotopic (exact) mass is 330 g/mol. The summed E-state index contributed by atoms with van der Waals surface area (Å²) in [5.74, 6) is 1.38. The van der Waals surface area contributed by atoms with E-state index in [1.165, 1.54) is 0 Å². The second-order valence-corrected chi connectivity index (χ2v) is 7.68. The van der Waals surface area contributed by atoms with E-state index in [0.29, 0.717) is 11.7 Å². The summed E-state index contributed by atoms with van der Waals surface area (Å²) < 4.78 is 0. The highest BCUT2D eigenvalue weighted by Gasteiger charge is 2.41. The first kappa shape index (κ1) is 17.2. The van der Waals surface area contributed by atoms with Crippen molar-refractivity contribution < 1.29 is 4.79 Å². The first-order valence-corrected chi connectivity index (χ1v) is 9.32. The third-order valence-corrected chi connectivity index (χ3v) is 5.31. The van der Waals surface area contributed by atoms with Gasteiger partial charge in [-0.15, -0.1) is 0 Å². The average Bonchev–Trinajstić information content (AvgIpc) is 3.05. The van der Waals surface area contributed by atoms with Gasteiger partial charge in [-0.05, 0) is 37.3 Å². The molecule has 5 heteroatoms. The van der Waals surface area contributed by atoms with Crippen molar-refractivity contribution in [1.82, 2.24) is 10.3 Å². The fourth-order valence-electron chi connectivity index (χ4n) is 4.18. The molecule has 24 heavy (non-hydrogen) atoms. The summed E-state index contributed by atoms with van der Waals surface area (Å²) in [4.78, 5) is 19.7. The third kappa shape index (κ3) is 3.89. The van der Waals surface area contributed by atoms with Crippen molar-refractivity contribution in [2.24, 2.45) is 11.3 Å². The first-order chi connectivity index (χ1) is 11.6. The molecule has 0 atom stereocenters. The van der Waals surface area contributed by atoms with Crippen LogP contribution in [0.1, 0.15) is 46.0 Å². The number of anilines is 2. The second kappa shape index (κ2) is 7.51. The molecular formula is C19H30N4O. The molecule has 1 saturated heterocycles. The third-order valence-electron chi connectivity index (χ3n) is 5.31. The van der Waals surface area contributed by atoms with Crippen molar-refractivity contribution in [3.8, 4) is 0 Å². The molecule has 1 aliphatic carbocycles. The van der Waals surface area contributed by atoms with Gasteiger partial charge in [-0.25, -0.2) is 4.98 Å². The number of hydrogen-bond donors (Lipinski definition) is 2. The molecule has 2 fully saturated rings. The van der Waals surface area contributed by atoms with E-state index in [1.807, 2.05) is 12.3 Å². The smallest absolute Gasteiger partial charge is 0.231 e. The van der Waals surface area contributed by atoms with Crippen LogP contribution in [-0.2, 0) is 4.79 Å². The number of nitrogens with one attached hydrogen (secondary N) is 2. The van der Waals surface area contributed by atoms with E-state index in [1.54, 1.807) is 0 Å². The van der Waals surface area contributed by atoms with Crippen LogP contribution in [0.25, 0.3) is 0 Å². The minimum atomic E-state index is -0.187. The van der Waals surface area contributed by atoms with Gasteiger partial charge in [-0.3, -0.25) is 4.79 Å². The van der Waals surface area contributed by atoms with E-state index in [2.05, 4.69) is 40.4 Å². The van der Waals surface area contributed by atoms with Crippen LogP contribution >= 0.6 is 0 Å². The number of amides is 1. The summed E-state index contributed by atoms with van der Waals surface area (Å²) in [6.07, 6.45) is 7.19. The number of pyridine rings is 1. The summed E-state index contributed by atoms with van der Waals surface area (Å²) in [7, 11) is 0. The molecule has 1 aromatic heterocycles. The molecule has 2 aliphatic rings. The normalized spacial score (nSPS) is 20.4. The molecule has 0 aromatic carbocycles. The van der Waals surface area contributed by atoms with Gasteiger partial charge in [0.1, 0.15) is 5.82 Å². The van der Waals surface area contributed by atoms with Crippen molar-refractivity contribution in [2.75, 3.05) is 36.4 Å². The SMILES string of the molecule is CC(C)CC1(C(=O)Nc2ccc(N3CCNCC3)cn2)CCCC1. The minimum Gasteiger partial charge on any atom is -0.368 e. The van der Waals surface area contributed by atoms with Crippen LogP contribution in [0.5, 0.6) is 0 Å². The molecule has 3 rings (SSSR count).